The second-order valence-corrected chi connectivity index (χ2v) is 11.5. The normalized spacial score (nSPS) is 19.5. The fourth-order valence-corrected chi connectivity index (χ4v) is 4.92. The molecule has 0 atom stereocenters. The number of nitrogens with two attached hydrogens (primary N) is 1. The van der Waals surface area contributed by atoms with E-state index in [1.807, 2.05) is 19.9 Å². The molecule has 1 aliphatic heterocycles. The van der Waals surface area contributed by atoms with E-state index in [0.717, 1.165) is 24.8 Å². The zero-order valence-electron chi connectivity index (χ0n) is 20.3. The molecule has 6 heteroatoms. The molecule has 0 aromatic carbocycles. The molecule has 1 fully saturated rings. The van der Waals surface area contributed by atoms with E-state index < -0.39 is 5.41 Å². The highest BCUT2D eigenvalue weighted by Gasteiger charge is 2.44. The summed E-state index contributed by atoms with van der Waals surface area (Å²) in [6.45, 7) is 18.4. The minimum atomic E-state index is -0.516. The van der Waals surface area contributed by atoms with Gasteiger partial charge in [-0.05, 0) is 76.5 Å². The first-order valence-corrected chi connectivity index (χ1v) is 11.1. The van der Waals surface area contributed by atoms with Crippen molar-refractivity contribution in [3.05, 3.63) is 23.9 Å². The van der Waals surface area contributed by atoms with Crippen LogP contribution in [0.5, 0.6) is 0 Å². The topological polar surface area (TPSA) is 80.5 Å². The van der Waals surface area contributed by atoms with Crippen molar-refractivity contribution < 1.29 is 9.63 Å². The molecular formula is C24H42N4O2. The summed E-state index contributed by atoms with van der Waals surface area (Å²) >= 11 is 0. The molecular weight excluding hydrogens is 376 g/mol. The summed E-state index contributed by atoms with van der Waals surface area (Å²) in [6, 6.07) is 3.65. The molecule has 0 saturated carbocycles. The Bertz CT molecular complexity index is 724. The summed E-state index contributed by atoms with van der Waals surface area (Å²) < 4.78 is 0. The fraction of sp³-hybridized carbons (Fsp3) is 0.750. The zero-order chi connectivity index (χ0) is 22.8. The number of amides is 1. The summed E-state index contributed by atoms with van der Waals surface area (Å²) in [5.41, 5.74) is 6.03. The molecule has 3 N–H and O–H groups in total. The van der Waals surface area contributed by atoms with Crippen molar-refractivity contribution in [2.45, 2.75) is 98.7 Å². The van der Waals surface area contributed by atoms with E-state index in [1.165, 1.54) is 6.42 Å². The third-order valence-corrected chi connectivity index (χ3v) is 6.09. The van der Waals surface area contributed by atoms with Crippen molar-refractivity contribution in [2.75, 3.05) is 12.3 Å². The number of hydrogen-bond donors (Lipinski definition) is 2. The Morgan fingerprint density at radius 2 is 1.80 bits per heavy atom. The molecule has 0 unspecified atom stereocenters. The summed E-state index contributed by atoms with van der Waals surface area (Å²) in [6.07, 6.45) is 5.86. The number of pyridine rings is 1. The van der Waals surface area contributed by atoms with Crippen molar-refractivity contribution in [1.82, 2.24) is 15.4 Å². The SMILES string of the molecule is CC(C)(CON1C(C)(C)CCCC1(C)C)CC(C)(C)C(=O)NCc1ccnc(N)c1. The molecule has 0 bridgehead atoms. The fourth-order valence-electron chi connectivity index (χ4n) is 4.92. The Kier molecular flexibility index (Phi) is 7.25. The zero-order valence-corrected chi connectivity index (χ0v) is 20.3. The lowest BCUT2D eigenvalue weighted by Gasteiger charge is -2.52. The highest BCUT2D eigenvalue weighted by atomic mass is 16.7. The van der Waals surface area contributed by atoms with Crippen LogP contribution in [0, 0.1) is 10.8 Å². The standard InChI is InChI=1S/C24H42N4O2/c1-21(2,17-30-28-23(5,6)11-9-12-24(28,7)8)16-22(3,4)20(29)27-15-18-10-13-26-19(25)14-18/h10,13-14H,9,11-12,15-17H2,1-8H3,(H2,25,26)(H,27,29). The quantitative estimate of drug-likeness (QED) is 0.640. The van der Waals surface area contributed by atoms with E-state index in [-0.39, 0.29) is 22.4 Å². The second-order valence-electron chi connectivity index (χ2n) is 11.5. The van der Waals surface area contributed by atoms with Gasteiger partial charge in [0.25, 0.3) is 0 Å². The van der Waals surface area contributed by atoms with Gasteiger partial charge in [-0.25, -0.2) is 4.98 Å². The Labute approximate surface area is 182 Å². The van der Waals surface area contributed by atoms with Gasteiger partial charge < -0.3 is 11.1 Å². The number of nitrogens with zero attached hydrogens (tertiary/aromatic N) is 2. The molecule has 1 aliphatic rings. The van der Waals surface area contributed by atoms with E-state index in [2.05, 4.69) is 56.9 Å². The van der Waals surface area contributed by atoms with Gasteiger partial charge in [-0.3, -0.25) is 9.63 Å². The maximum atomic E-state index is 12.9. The van der Waals surface area contributed by atoms with Crippen LogP contribution in [0.1, 0.15) is 86.6 Å². The number of rotatable bonds is 8. The summed E-state index contributed by atoms with van der Waals surface area (Å²) in [5.74, 6) is 0.493. The lowest BCUT2D eigenvalue weighted by molar-refractivity contribution is -0.292. The summed E-state index contributed by atoms with van der Waals surface area (Å²) in [4.78, 5) is 23.3. The van der Waals surface area contributed by atoms with Crippen molar-refractivity contribution >= 4 is 11.7 Å². The van der Waals surface area contributed by atoms with Gasteiger partial charge in [0.15, 0.2) is 0 Å². The number of carbonyl (C=O) groups excluding carboxylic acids is 1. The lowest BCUT2D eigenvalue weighted by Crippen LogP contribution is -2.58. The number of hydrogen-bond acceptors (Lipinski definition) is 5. The highest BCUT2D eigenvalue weighted by molar-refractivity contribution is 5.81. The van der Waals surface area contributed by atoms with E-state index in [0.29, 0.717) is 19.0 Å². The average molecular weight is 419 g/mol. The Hall–Kier alpha value is -1.66. The number of nitrogens with one attached hydrogen (secondary N) is 1. The molecule has 2 heterocycles. The molecule has 0 radical (unpaired) electrons. The van der Waals surface area contributed by atoms with Crippen LogP contribution in [0.3, 0.4) is 0 Å². The third-order valence-electron chi connectivity index (χ3n) is 6.09. The first-order valence-electron chi connectivity index (χ1n) is 11.1. The van der Waals surface area contributed by atoms with Crippen LogP contribution in [0.4, 0.5) is 5.82 Å². The lowest BCUT2D eigenvalue weighted by atomic mass is 9.75. The maximum absolute atomic E-state index is 12.9. The molecule has 1 aromatic heterocycles. The first kappa shape index (κ1) is 24.6. The molecule has 170 valence electrons. The second kappa shape index (κ2) is 8.83. The molecule has 1 amide bonds. The third kappa shape index (κ3) is 6.42. The number of aromatic nitrogens is 1. The van der Waals surface area contributed by atoms with Crippen LogP contribution in [0.2, 0.25) is 0 Å². The van der Waals surface area contributed by atoms with Crippen LogP contribution in [-0.4, -0.2) is 33.6 Å². The van der Waals surface area contributed by atoms with E-state index in [1.54, 1.807) is 12.3 Å². The largest absolute Gasteiger partial charge is 0.384 e. The van der Waals surface area contributed by atoms with E-state index in [4.69, 9.17) is 10.6 Å². The van der Waals surface area contributed by atoms with Crippen LogP contribution in [0.25, 0.3) is 0 Å². The first-order chi connectivity index (χ1) is 13.6. The number of carbonyl (C=O) groups is 1. The van der Waals surface area contributed by atoms with Crippen molar-refractivity contribution in [3.63, 3.8) is 0 Å². The summed E-state index contributed by atoms with van der Waals surface area (Å²) in [7, 11) is 0. The Morgan fingerprint density at radius 3 is 2.37 bits per heavy atom. The van der Waals surface area contributed by atoms with Crippen molar-refractivity contribution in [1.29, 1.82) is 0 Å². The number of piperidine rings is 1. The van der Waals surface area contributed by atoms with E-state index in [9.17, 15) is 4.79 Å². The van der Waals surface area contributed by atoms with Gasteiger partial charge in [-0.1, -0.05) is 27.7 Å². The predicted molar refractivity (Wildman–Crippen MR) is 122 cm³/mol. The van der Waals surface area contributed by atoms with Crippen LogP contribution >= 0.6 is 0 Å². The van der Waals surface area contributed by atoms with Crippen LogP contribution in [-0.2, 0) is 16.2 Å². The van der Waals surface area contributed by atoms with Gasteiger partial charge in [0.1, 0.15) is 5.82 Å². The Balaban J connectivity index is 1.95. The molecule has 30 heavy (non-hydrogen) atoms. The van der Waals surface area contributed by atoms with Gasteiger partial charge in [-0.15, -0.1) is 0 Å². The molecule has 0 aliphatic carbocycles. The molecule has 1 aromatic rings. The number of nitrogen functional groups attached to an aromatic ring is 1. The number of anilines is 1. The minimum Gasteiger partial charge on any atom is -0.384 e. The number of hydroxylamine groups is 2. The van der Waals surface area contributed by atoms with Gasteiger partial charge >= 0.3 is 0 Å². The van der Waals surface area contributed by atoms with Crippen molar-refractivity contribution in [3.8, 4) is 0 Å². The summed E-state index contributed by atoms with van der Waals surface area (Å²) in [5, 5.41) is 5.25. The smallest absolute Gasteiger partial charge is 0.225 e. The van der Waals surface area contributed by atoms with Gasteiger partial charge in [0, 0.05) is 29.2 Å². The molecule has 6 nitrogen and oxygen atoms in total. The predicted octanol–water partition coefficient (Wildman–Crippen LogP) is 4.70. The Morgan fingerprint density at radius 1 is 1.20 bits per heavy atom. The molecule has 2 rings (SSSR count). The maximum Gasteiger partial charge on any atom is 0.225 e. The minimum absolute atomic E-state index is 0.0110. The molecule has 0 spiro atoms. The highest BCUT2D eigenvalue weighted by Crippen LogP contribution is 2.40. The average Bonchev–Trinajstić information content (AvgIpc) is 2.57. The van der Waals surface area contributed by atoms with Gasteiger partial charge in [-0.2, -0.15) is 5.06 Å². The van der Waals surface area contributed by atoms with Crippen LogP contribution in [0.15, 0.2) is 18.3 Å². The van der Waals surface area contributed by atoms with Gasteiger partial charge in [0.05, 0.1) is 6.61 Å². The van der Waals surface area contributed by atoms with E-state index >= 15 is 0 Å². The monoisotopic (exact) mass is 418 g/mol. The van der Waals surface area contributed by atoms with Crippen LogP contribution < -0.4 is 11.1 Å². The molecule has 1 saturated heterocycles. The van der Waals surface area contributed by atoms with Gasteiger partial charge in [0.2, 0.25) is 5.91 Å². The van der Waals surface area contributed by atoms with Crippen molar-refractivity contribution in [2.24, 2.45) is 10.8 Å².